The molecule has 0 amide bonds. The van der Waals surface area contributed by atoms with Crippen molar-refractivity contribution in [3.05, 3.63) is 71.5 Å². The molecule has 4 aromatic rings. The molecule has 1 unspecified atom stereocenters. The highest BCUT2D eigenvalue weighted by Crippen LogP contribution is 2.41. The summed E-state index contributed by atoms with van der Waals surface area (Å²) in [6.07, 6.45) is 4.13. The van der Waals surface area contributed by atoms with Crippen LogP contribution < -0.4 is 5.32 Å². The smallest absolute Gasteiger partial charge is 0.135 e. The van der Waals surface area contributed by atoms with Gasteiger partial charge < -0.3 is 5.32 Å². The van der Waals surface area contributed by atoms with Crippen molar-refractivity contribution < 1.29 is 4.63 Å². The van der Waals surface area contributed by atoms with Gasteiger partial charge in [-0.2, -0.15) is 5.10 Å². The third kappa shape index (κ3) is 3.10. The van der Waals surface area contributed by atoms with Crippen LogP contribution in [0.1, 0.15) is 43.1 Å². The van der Waals surface area contributed by atoms with Crippen molar-refractivity contribution in [2.45, 2.75) is 39.3 Å². The zero-order valence-corrected chi connectivity index (χ0v) is 16.1. The van der Waals surface area contributed by atoms with Crippen molar-refractivity contribution in [1.82, 2.24) is 25.4 Å². The van der Waals surface area contributed by atoms with E-state index in [4.69, 9.17) is 9.73 Å². The summed E-state index contributed by atoms with van der Waals surface area (Å²) >= 11 is 0. The second kappa shape index (κ2) is 6.56. The number of hydrogen-bond donors (Lipinski definition) is 1. The lowest BCUT2D eigenvalue weighted by molar-refractivity contribution is 0.253. The van der Waals surface area contributed by atoms with E-state index in [1.807, 2.05) is 24.4 Å². The maximum Gasteiger partial charge on any atom is 0.135 e. The molecule has 0 bridgehead atoms. The molecule has 142 valence electrons. The summed E-state index contributed by atoms with van der Waals surface area (Å²) in [4.78, 5) is 0. The van der Waals surface area contributed by atoms with E-state index in [0.717, 1.165) is 36.1 Å². The summed E-state index contributed by atoms with van der Waals surface area (Å²) in [5.41, 5.74) is 6.67. The molecule has 28 heavy (non-hydrogen) atoms. The highest BCUT2D eigenvalue weighted by Gasteiger charge is 2.35. The molecule has 1 aliphatic carbocycles. The van der Waals surface area contributed by atoms with E-state index in [9.17, 15) is 0 Å². The third-order valence-electron chi connectivity index (χ3n) is 5.55. The second-order valence-corrected chi connectivity index (χ2v) is 8.36. The second-order valence-electron chi connectivity index (χ2n) is 8.36. The Morgan fingerprint density at radius 3 is 2.79 bits per heavy atom. The fraction of sp³-hybridized carbons (Fsp3) is 0.318. The van der Waals surface area contributed by atoms with Gasteiger partial charge in [-0.05, 0) is 58.4 Å². The third-order valence-corrected chi connectivity index (χ3v) is 5.55. The molecule has 0 radical (unpaired) electrons. The van der Waals surface area contributed by atoms with Gasteiger partial charge in [-0.25, -0.2) is 9.31 Å². The number of nitrogens with zero attached hydrogens (tertiary/aromatic N) is 4. The lowest BCUT2D eigenvalue weighted by atomic mass is 9.74. The predicted octanol–water partition coefficient (Wildman–Crippen LogP) is 4.21. The first-order chi connectivity index (χ1) is 13.6. The summed E-state index contributed by atoms with van der Waals surface area (Å²) in [6.45, 7) is 5.43. The molecule has 2 aromatic carbocycles. The molecule has 0 saturated carbocycles. The number of aromatic nitrogens is 4. The van der Waals surface area contributed by atoms with Gasteiger partial charge in [0.05, 0.1) is 11.9 Å². The van der Waals surface area contributed by atoms with E-state index in [-0.39, 0.29) is 11.5 Å². The minimum atomic E-state index is 0.206. The first-order valence-electron chi connectivity index (χ1n) is 9.66. The molecule has 1 atom stereocenters. The van der Waals surface area contributed by atoms with Crippen molar-refractivity contribution in [2.24, 2.45) is 5.41 Å². The molecular formula is C22H23N5O. The lowest BCUT2D eigenvalue weighted by Gasteiger charge is -2.36. The fourth-order valence-corrected chi connectivity index (χ4v) is 4.20. The molecule has 5 rings (SSSR count). The average molecular weight is 373 g/mol. The number of benzene rings is 2. The monoisotopic (exact) mass is 373 g/mol. The van der Waals surface area contributed by atoms with Gasteiger partial charge in [0.2, 0.25) is 0 Å². The summed E-state index contributed by atoms with van der Waals surface area (Å²) in [5.74, 6) is 0. The minimum absolute atomic E-state index is 0.206. The molecule has 2 aromatic heterocycles. The zero-order valence-electron chi connectivity index (χ0n) is 16.1. The molecule has 2 heterocycles. The van der Waals surface area contributed by atoms with Gasteiger partial charge in [0.1, 0.15) is 11.0 Å². The van der Waals surface area contributed by atoms with Crippen LogP contribution in [0.5, 0.6) is 0 Å². The largest absolute Gasteiger partial charge is 0.306 e. The van der Waals surface area contributed by atoms with Gasteiger partial charge in [-0.15, -0.1) is 0 Å². The maximum atomic E-state index is 4.80. The van der Waals surface area contributed by atoms with Crippen LogP contribution in [0, 0.1) is 5.41 Å². The molecule has 0 fully saturated rings. The number of para-hydroxylation sites is 1. The standard InChI is InChI=1S/C22H23N5O/c1-22(2)11-20(23-13-15-8-9-18-19(10-15)26-28-25-18)17-14-24-27(21(17)12-22)16-6-4-3-5-7-16/h3-10,14,20,23H,11-13H2,1-2H3. The van der Waals surface area contributed by atoms with Crippen molar-refractivity contribution >= 4 is 11.0 Å². The van der Waals surface area contributed by atoms with E-state index in [1.54, 1.807) is 0 Å². The quantitative estimate of drug-likeness (QED) is 0.580. The highest BCUT2D eigenvalue weighted by molar-refractivity contribution is 5.73. The summed E-state index contributed by atoms with van der Waals surface area (Å²) in [6, 6.07) is 16.7. The summed E-state index contributed by atoms with van der Waals surface area (Å²) in [7, 11) is 0. The Bertz CT molecular complexity index is 1110. The normalized spacial score (nSPS) is 18.3. The van der Waals surface area contributed by atoms with Gasteiger partial charge in [0, 0.05) is 23.8 Å². The topological polar surface area (TPSA) is 68.8 Å². The van der Waals surface area contributed by atoms with Crippen molar-refractivity contribution in [1.29, 1.82) is 0 Å². The summed E-state index contributed by atoms with van der Waals surface area (Å²) in [5, 5.41) is 16.3. The van der Waals surface area contributed by atoms with Gasteiger partial charge in [-0.3, -0.25) is 0 Å². The summed E-state index contributed by atoms with van der Waals surface area (Å²) < 4.78 is 6.90. The molecule has 0 saturated heterocycles. The molecule has 6 heteroatoms. The molecular weight excluding hydrogens is 350 g/mol. The molecule has 6 nitrogen and oxygen atoms in total. The fourth-order valence-electron chi connectivity index (χ4n) is 4.20. The Morgan fingerprint density at radius 1 is 1.11 bits per heavy atom. The van der Waals surface area contributed by atoms with Gasteiger partial charge >= 0.3 is 0 Å². The van der Waals surface area contributed by atoms with Crippen LogP contribution in [0.2, 0.25) is 0 Å². The lowest BCUT2D eigenvalue weighted by Crippen LogP contribution is -2.33. The van der Waals surface area contributed by atoms with Crippen molar-refractivity contribution in [2.75, 3.05) is 0 Å². The minimum Gasteiger partial charge on any atom is -0.306 e. The van der Waals surface area contributed by atoms with E-state index in [1.165, 1.54) is 16.8 Å². The molecule has 1 N–H and O–H groups in total. The predicted molar refractivity (Wildman–Crippen MR) is 107 cm³/mol. The maximum absolute atomic E-state index is 4.80. The van der Waals surface area contributed by atoms with Gasteiger partial charge in [0.25, 0.3) is 0 Å². The molecule has 0 aliphatic heterocycles. The first-order valence-corrected chi connectivity index (χ1v) is 9.66. The number of fused-ring (bicyclic) bond motifs is 2. The van der Waals surface area contributed by atoms with Crippen LogP contribution in [-0.4, -0.2) is 20.1 Å². The number of nitrogens with one attached hydrogen (secondary N) is 1. The molecule has 0 spiro atoms. The average Bonchev–Trinajstić information content (AvgIpc) is 3.32. The highest BCUT2D eigenvalue weighted by atomic mass is 16.6. The van der Waals surface area contributed by atoms with Crippen LogP contribution in [0.3, 0.4) is 0 Å². The first kappa shape index (κ1) is 17.1. The Kier molecular flexibility index (Phi) is 4.02. The van der Waals surface area contributed by atoms with Gasteiger partial charge in [0.15, 0.2) is 0 Å². The zero-order chi connectivity index (χ0) is 19.1. The number of rotatable bonds is 4. The van der Waals surface area contributed by atoms with Crippen molar-refractivity contribution in [3.63, 3.8) is 0 Å². The Balaban J connectivity index is 1.43. The van der Waals surface area contributed by atoms with E-state index in [0.29, 0.717) is 0 Å². The Hall–Kier alpha value is -2.99. The SMILES string of the molecule is CC1(C)Cc2c(cnn2-c2ccccc2)C(NCc2ccc3nonc3c2)C1. The van der Waals surface area contributed by atoms with Crippen molar-refractivity contribution in [3.8, 4) is 5.69 Å². The van der Waals surface area contributed by atoms with Crippen LogP contribution in [0.15, 0.2) is 59.4 Å². The molecule has 1 aliphatic rings. The van der Waals surface area contributed by atoms with Gasteiger partial charge in [-0.1, -0.05) is 38.1 Å². The van der Waals surface area contributed by atoms with Crippen LogP contribution >= 0.6 is 0 Å². The van der Waals surface area contributed by atoms with E-state index < -0.39 is 0 Å². The van der Waals surface area contributed by atoms with Crippen LogP contribution in [0.25, 0.3) is 16.7 Å². The van der Waals surface area contributed by atoms with Crippen LogP contribution in [-0.2, 0) is 13.0 Å². The van der Waals surface area contributed by atoms with E-state index in [2.05, 4.69) is 64.5 Å². The van der Waals surface area contributed by atoms with Crippen LogP contribution in [0.4, 0.5) is 0 Å². The Morgan fingerprint density at radius 2 is 1.93 bits per heavy atom. The number of hydrogen-bond acceptors (Lipinski definition) is 5. The Labute approximate surface area is 163 Å². The van der Waals surface area contributed by atoms with E-state index >= 15 is 0 Å².